The third-order valence-corrected chi connectivity index (χ3v) is 2.78. The van der Waals surface area contributed by atoms with Crippen LogP contribution < -0.4 is 10.6 Å². The SMILES string of the molecule is CCOC(=O)NC(C(=O)Nc1cccc(C)c1)C(C)C. The van der Waals surface area contributed by atoms with Crippen LogP contribution in [-0.2, 0) is 9.53 Å². The lowest BCUT2D eigenvalue weighted by Crippen LogP contribution is -2.47. The molecule has 5 nitrogen and oxygen atoms in total. The fraction of sp³-hybridized carbons (Fsp3) is 0.467. The van der Waals surface area contributed by atoms with Crippen molar-refractivity contribution in [3.8, 4) is 0 Å². The van der Waals surface area contributed by atoms with Crippen molar-refractivity contribution in [3.05, 3.63) is 29.8 Å². The molecule has 2 N–H and O–H groups in total. The van der Waals surface area contributed by atoms with Crippen molar-refractivity contribution in [3.63, 3.8) is 0 Å². The Balaban J connectivity index is 2.71. The summed E-state index contributed by atoms with van der Waals surface area (Å²) in [6.07, 6.45) is -0.578. The topological polar surface area (TPSA) is 67.4 Å². The molecule has 2 amide bonds. The number of aryl methyl sites for hydroxylation is 1. The van der Waals surface area contributed by atoms with Crippen LogP contribution in [0.2, 0.25) is 0 Å². The zero-order chi connectivity index (χ0) is 15.1. The summed E-state index contributed by atoms with van der Waals surface area (Å²) in [5.41, 5.74) is 1.77. The maximum Gasteiger partial charge on any atom is 0.407 e. The first kappa shape index (κ1) is 16.0. The van der Waals surface area contributed by atoms with Crippen LogP contribution in [0, 0.1) is 12.8 Å². The summed E-state index contributed by atoms with van der Waals surface area (Å²) in [7, 11) is 0. The van der Waals surface area contributed by atoms with Crippen LogP contribution in [0.25, 0.3) is 0 Å². The standard InChI is InChI=1S/C15H22N2O3/c1-5-20-15(19)17-13(10(2)3)14(18)16-12-8-6-7-11(4)9-12/h6-10,13H,5H2,1-4H3,(H,16,18)(H,17,19). The average molecular weight is 278 g/mol. The van der Waals surface area contributed by atoms with Crippen molar-refractivity contribution >= 4 is 17.7 Å². The third kappa shape index (κ3) is 4.91. The number of amides is 2. The van der Waals surface area contributed by atoms with Crippen LogP contribution in [0.1, 0.15) is 26.3 Å². The van der Waals surface area contributed by atoms with E-state index in [1.807, 2.05) is 45.0 Å². The number of hydrogen-bond donors (Lipinski definition) is 2. The van der Waals surface area contributed by atoms with Gasteiger partial charge in [0.25, 0.3) is 0 Å². The Labute approximate surface area is 119 Å². The molecule has 0 aromatic heterocycles. The molecule has 0 heterocycles. The van der Waals surface area contributed by atoms with Crippen LogP contribution in [0.15, 0.2) is 24.3 Å². The highest BCUT2D eigenvalue weighted by molar-refractivity contribution is 5.96. The monoisotopic (exact) mass is 278 g/mol. The van der Waals surface area contributed by atoms with Crippen LogP contribution in [0.5, 0.6) is 0 Å². The van der Waals surface area contributed by atoms with Gasteiger partial charge >= 0.3 is 6.09 Å². The zero-order valence-corrected chi connectivity index (χ0v) is 12.4. The second-order valence-corrected chi connectivity index (χ2v) is 4.95. The van der Waals surface area contributed by atoms with Gasteiger partial charge in [0.15, 0.2) is 0 Å². The second kappa shape index (κ2) is 7.53. The van der Waals surface area contributed by atoms with Crippen molar-refractivity contribution in [1.29, 1.82) is 0 Å². The molecular formula is C15H22N2O3. The first-order valence-corrected chi connectivity index (χ1v) is 6.74. The molecule has 0 bridgehead atoms. The number of rotatable bonds is 5. The van der Waals surface area contributed by atoms with E-state index in [1.165, 1.54) is 0 Å². The summed E-state index contributed by atoms with van der Waals surface area (Å²) in [4.78, 5) is 23.7. The van der Waals surface area contributed by atoms with Gasteiger partial charge in [0.1, 0.15) is 6.04 Å². The average Bonchev–Trinajstić information content (AvgIpc) is 2.35. The van der Waals surface area contributed by atoms with Crippen molar-refractivity contribution < 1.29 is 14.3 Å². The Kier molecular flexibility index (Phi) is 6.03. The number of carbonyl (C=O) groups is 2. The molecule has 0 spiro atoms. The summed E-state index contributed by atoms with van der Waals surface area (Å²) in [6, 6.07) is 6.88. The Bertz CT molecular complexity index is 472. The summed E-state index contributed by atoms with van der Waals surface area (Å²) < 4.78 is 4.81. The van der Waals surface area contributed by atoms with Gasteiger partial charge in [-0.25, -0.2) is 4.79 Å². The second-order valence-electron chi connectivity index (χ2n) is 4.95. The number of hydrogen-bond acceptors (Lipinski definition) is 3. The summed E-state index contributed by atoms with van der Waals surface area (Å²) in [6.45, 7) is 7.68. The molecule has 5 heteroatoms. The number of ether oxygens (including phenoxy) is 1. The Hall–Kier alpha value is -2.04. The van der Waals surface area contributed by atoms with Gasteiger partial charge in [0.2, 0.25) is 5.91 Å². The van der Waals surface area contributed by atoms with E-state index in [4.69, 9.17) is 4.74 Å². The quantitative estimate of drug-likeness (QED) is 0.870. The van der Waals surface area contributed by atoms with Gasteiger partial charge < -0.3 is 15.4 Å². The first-order chi connectivity index (χ1) is 9.43. The molecule has 1 aromatic rings. The van der Waals surface area contributed by atoms with Gasteiger partial charge in [-0.3, -0.25) is 4.79 Å². The molecule has 0 saturated heterocycles. The summed E-state index contributed by atoms with van der Waals surface area (Å²) in [5.74, 6) is -0.289. The molecule has 20 heavy (non-hydrogen) atoms. The molecular weight excluding hydrogens is 256 g/mol. The van der Waals surface area contributed by atoms with Crippen LogP contribution >= 0.6 is 0 Å². The molecule has 0 fully saturated rings. The molecule has 1 aromatic carbocycles. The maximum absolute atomic E-state index is 12.2. The van der Waals surface area contributed by atoms with E-state index in [0.29, 0.717) is 5.69 Å². The lowest BCUT2D eigenvalue weighted by molar-refractivity contribution is -0.119. The van der Waals surface area contributed by atoms with Gasteiger partial charge in [-0.2, -0.15) is 0 Å². The van der Waals surface area contributed by atoms with E-state index in [9.17, 15) is 9.59 Å². The number of nitrogens with one attached hydrogen (secondary N) is 2. The smallest absolute Gasteiger partial charge is 0.407 e. The summed E-state index contributed by atoms with van der Waals surface area (Å²) >= 11 is 0. The predicted molar refractivity (Wildman–Crippen MR) is 78.6 cm³/mol. The van der Waals surface area contributed by atoms with Gasteiger partial charge in [-0.05, 0) is 37.5 Å². The number of anilines is 1. The lowest BCUT2D eigenvalue weighted by Gasteiger charge is -2.21. The van der Waals surface area contributed by atoms with E-state index < -0.39 is 12.1 Å². The van der Waals surface area contributed by atoms with E-state index in [0.717, 1.165) is 5.56 Å². The Morgan fingerprint density at radius 3 is 2.55 bits per heavy atom. The number of alkyl carbamates (subject to hydrolysis) is 1. The van der Waals surface area contributed by atoms with E-state index in [1.54, 1.807) is 6.92 Å². The Morgan fingerprint density at radius 2 is 2.00 bits per heavy atom. The fourth-order valence-electron chi connectivity index (χ4n) is 1.78. The van der Waals surface area contributed by atoms with Gasteiger partial charge in [0.05, 0.1) is 6.61 Å². The summed E-state index contributed by atoms with van der Waals surface area (Å²) in [5, 5.41) is 5.38. The lowest BCUT2D eigenvalue weighted by atomic mass is 10.0. The van der Waals surface area contributed by atoms with E-state index >= 15 is 0 Å². The van der Waals surface area contributed by atoms with Crippen molar-refractivity contribution in [1.82, 2.24) is 5.32 Å². The number of carbonyl (C=O) groups excluding carboxylic acids is 2. The Morgan fingerprint density at radius 1 is 1.30 bits per heavy atom. The molecule has 0 aliphatic heterocycles. The minimum absolute atomic E-state index is 0.0378. The third-order valence-electron chi connectivity index (χ3n) is 2.78. The van der Waals surface area contributed by atoms with Crippen LogP contribution in [0.3, 0.4) is 0 Å². The predicted octanol–water partition coefficient (Wildman–Crippen LogP) is 2.70. The van der Waals surface area contributed by atoms with E-state index in [2.05, 4.69) is 10.6 Å². The van der Waals surface area contributed by atoms with Gasteiger partial charge in [0, 0.05) is 5.69 Å². The molecule has 0 radical (unpaired) electrons. The highest BCUT2D eigenvalue weighted by Crippen LogP contribution is 2.12. The molecule has 1 unspecified atom stereocenters. The molecule has 1 atom stereocenters. The van der Waals surface area contributed by atoms with Gasteiger partial charge in [-0.15, -0.1) is 0 Å². The molecule has 110 valence electrons. The van der Waals surface area contributed by atoms with Gasteiger partial charge in [-0.1, -0.05) is 26.0 Å². The van der Waals surface area contributed by atoms with E-state index in [-0.39, 0.29) is 18.4 Å². The fourth-order valence-corrected chi connectivity index (χ4v) is 1.78. The minimum Gasteiger partial charge on any atom is -0.450 e. The molecule has 0 saturated carbocycles. The normalized spacial score (nSPS) is 11.8. The van der Waals surface area contributed by atoms with Crippen LogP contribution in [0.4, 0.5) is 10.5 Å². The van der Waals surface area contributed by atoms with Crippen LogP contribution in [-0.4, -0.2) is 24.6 Å². The molecule has 1 rings (SSSR count). The highest BCUT2D eigenvalue weighted by atomic mass is 16.5. The largest absolute Gasteiger partial charge is 0.450 e. The zero-order valence-electron chi connectivity index (χ0n) is 12.4. The van der Waals surface area contributed by atoms with Crippen molar-refractivity contribution in [2.45, 2.75) is 33.7 Å². The minimum atomic E-state index is -0.630. The first-order valence-electron chi connectivity index (χ1n) is 6.74. The van der Waals surface area contributed by atoms with Crippen molar-refractivity contribution in [2.75, 3.05) is 11.9 Å². The highest BCUT2D eigenvalue weighted by Gasteiger charge is 2.24. The number of benzene rings is 1. The molecule has 0 aliphatic rings. The maximum atomic E-state index is 12.2. The van der Waals surface area contributed by atoms with Crippen molar-refractivity contribution in [2.24, 2.45) is 5.92 Å². The molecule has 0 aliphatic carbocycles.